The predicted octanol–water partition coefficient (Wildman–Crippen LogP) is 3.37. The highest BCUT2D eigenvalue weighted by atomic mass is 15.2. The number of nitrogens with two attached hydrogens (primary N) is 1. The summed E-state index contributed by atoms with van der Waals surface area (Å²) in [5.41, 5.74) is 9.13. The molecule has 2 nitrogen and oxygen atoms in total. The summed E-state index contributed by atoms with van der Waals surface area (Å²) in [6, 6.07) is 9.12. The van der Waals surface area contributed by atoms with Crippen molar-refractivity contribution in [3.8, 4) is 0 Å². The van der Waals surface area contributed by atoms with Crippen LogP contribution < -0.4 is 5.73 Å². The molecular weight excluding hydrogens is 244 g/mol. The summed E-state index contributed by atoms with van der Waals surface area (Å²) < 4.78 is 0. The molecule has 1 saturated carbocycles. The van der Waals surface area contributed by atoms with Crippen molar-refractivity contribution in [1.29, 1.82) is 0 Å². The van der Waals surface area contributed by atoms with E-state index in [9.17, 15) is 0 Å². The van der Waals surface area contributed by atoms with Crippen molar-refractivity contribution in [1.82, 2.24) is 4.90 Å². The van der Waals surface area contributed by atoms with E-state index in [1.54, 1.807) is 0 Å². The second-order valence-corrected chi connectivity index (χ2v) is 6.77. The zero-order valence-corrected chi connectivity index (χ0v) is 12.7. The Morgan fingerprint density at radius 1 is 1.15 bits per heavy atom. The van der Waals surface area contributed by atoms with Crippen LogP contribution in [0.3, 0.4) is 0 Å². The van der Waals surface area contributed by atoms with Crippen LogP contribution >= 0.6 is 0 Å². The Balaban J connectivity index is 1.55. The van der Waals surface area contributed by atoms with Gasteiger partial charge in [0.1, 0.15) is 0 Å². The van der Waals surface area contributed by atoms with Crippen LogP contribution in [0.25, 0.3) is 0 Å². The van der Waals surface area contributed by atoms with Gasteiger partial charge in [-0.25, -0.2) is 0 Å². The zero-order chi connectivity index (χ0) is 13.9. The van der Waals surface area contributed by atoms with Crippen molar-refractivity contribution in [3.63, 3.8) is 0 Å². The molecule has 0 spiro atoms. The molecule has 2 heteroatoms. The molecule has 3 unspecified atom stereocenters. The van der Waals surface area contributed by atoms with E-state index >= 15 is 0 Å². The van der Waals surface area contributed by atoms with E-state index < -0.39 is 0 Å². The Hall–Kier alpha value is -0.860. The van der Waals surface area contributed by atoms with Gasteiger partial charge in [-0.3, -0.25) is 0 Å². The van der Waals surface area contributed by atoms with Gasteiger partial charge in [-0.05, 0) is 42.2 Å². The molecule has 1 heterocycles. The van der Waals surface area contributed by atoms with Gasteiger partial charge >= 0.3 is 0 Å². The van der Waals surface area contributed by atoms with Crippen molar-refractivity contribution in [3.05, 3.63) is 35.4 Å². The average molecular weight is 272 g/mol. The first kappa shape index (κ1) is 14.1. The van der Waals surface area contributed by atoms with Crippen LogP contribution in [-0.4, -0.2) is 24.5 Å². The van der Waals surface area contributed by atoms with Crippen LogP contribution in [0.1, 0.15) is 49.8 Å². The number of aryl methyl sites for hydroxylation is 1. The SMILES string of the molecule is CCCc1ccc(C(N)CN2CC3CCCC3C2)cc1. The molecule has 2 aliphatic rings. The van der Waals surface area contributed by atoms with Crippen molar-refractivity contribution in [2.24, 2.45) is 17.6 Å². The Labute approximate surface area is 123 Å². The highest BCUT2D eigenvalue weighted by molar-refractivity contribution is 5.25. The van der Waals surface area contributed by atoms with E-state index in [1.165, 1.54) is 56.3 Å². The largest absolute Gasteiger partial charge is 0.323 e. The number of nitrogens with zero attached hydrogens (tertiary/aromatic N) is 1. The first-order valence-electron chi connectivity index (χ1n) is 8.33. The zero-order valence-electron chi connectivity index (χ0n) is 12.7. The fourth-order valence-electron chi connectivity index (χ4n) is 4.09. The maximum Gasteiger partial charge on any atom is 0.0424 e. The molecule has 1 aliphatic carbocycles. The van der Waals surface area contributed by atoms with E-state index in [0.717, 1.165) is 18.4 Å². The van der Waals surface area contributed by atoms with Gasteiger partial charge < -0.3 is 10.6 Å². The van der Waals surface area contributed by atoms with Gasteiger partial charge in [0.15, 0.2) is 0 Å². The molecule has 0 radical (unpaired) electrons. The van der Waals surface area contributed by atoms with Crippen LogP contribution in [0.5, 0.6) is 0 Å². The third-order valence-corrected chi connectivity index (χ3v) is 5.20. The predicted molar refractivity (Wildman–Crippen MR) is 84.6 cm³/mol. The minimum atomic E-state index is 0.171. The molecule has 1 aliphatic heterocycles. The monoisotopic (exact) mass is 272 g/mol. The van der Waals surface area contributed by atoms with Crippen LogP contribution in [0.15, 0.2) is 24.3 Å². The molecule has 2 N–H and O–H groups in total. The normalized spacial score (nSPS) is 27.7. The molecular formula is C18H28N2. The molecule has 3 atom stereocenters. The lowest BCUT2D eigenvalue weighted by Gasteiger charge is -2.22. The molecule has 0 aromatic heterocycles. The molecule has 0 amide bonds. The summed E-state index contributed by atoms with van der Waals surface area (Å²) in [7, 11) is 0. The Kier molecular flexibility index (Phi) is 4.42. The second kappa shape index (κ2) is 6.28. The highest BCUT2D eigenvalue weighted by Crippen LogP contribution is 2.38. The number of benzene rings is 1. The van der Waals surface area contributed by atoms with Gasteiger partial charge in [0.2, 0.25) is 0 Å². The summed E-state index contributed by atoms with van der Waals surface area (Å²) in [5, 5.41) is 0. The number of fused-ring (bicyclic) bond motifs is 1. The van der Waals surface area contributed by atoms with Gasteiger partial charge in [-0.2, -0.15) is 0 Å². The van der Waals surface area contributed by atoms with Crippen LogP contribution in [0, 0.1) is 11.8 Å². The lowest BCUT2D eigenvalue weighted by Crippen LogP contribution is -2.31. The highest BCUT2D eigenvalue weighted by Gasteiger charge is 2.36. The van der Waals surface area contributed by atoms with Crippen molar-refractivity contribution in [2.45, 2.75) is 45.1 Å². The number of hydrogen-bond acceptors (Lipinski definition) is 2. The summed E-state index contributed by atoms with van der Waals surface area (Å²) >= 11 is 0. The molecule has 3 rings (SSSR count). The summed E-state index contributed by atoms with van der Waals surface area (Å²) in [6.07, 6.45) is 6.73. The average Bonchev–Trinajstić information content (AvgIpc) is 3.01. The molecule has 110 valence electrons. The molecule has 1 saturated heterocycles. The maximum atomic E-state index is 6.41. The summed E-state index contributed by atoms with van der Waals surface area (Å²) in [4.78, 5) is 2.60. The molecule has 20 heavy (non-hydrogen) atoms. The van der Waals surface area contributed by atoms with Crippen LogP contribution in [0.2, 0.25) is 0 Å². The van der Waals surface area contributed by atoms with E-state index in [-0.39, 0.29) is 6.04 Å². The van der Waals surface area contributed by atoms with Crippen molar-refractivity contribution < 1.29 is 0 Å². The Morgan fingerprint density at radius 2 is 1.80 bits per heavy atom. The smallest absolute Gasteiger partial charge is 0.0424 e. The standard InChI is InChI=1S/C18H28N2/c1-2-4-14-7-9-15(10-8-14)18(19)13-20-11-16-5-3-6-17(16)12-20/h7-10,16-18H,2-6,11-13,19H2,1H3. The fraction of sp³-hybridized carbons (Fsp3) is 0.667. The van der Waals surface area contributed by atoms with E-state index in [2.05, 4.69) is 36.1 Å². The topological polar surface area (TPSA) is 29.3 Å². The van der Waals surface area contributed by atoms with Gasteiger partial charge in [0.25, 0.3) is 0 Å². The second-order valence-electron chi connectivity index (χ2n) is 6.77. The molecule has 0 bridgehead atoms. The minimum Gasteiger partial charge on any atom is -0.323 e. The summed E-state index contributed by atoms with van der Waals surface area (Å²) in [6.45, 7) is 5.82. The first-order chi connectivity index (χ1) is 9.76. The number of hydrogen-bond donors (Lipinski definition) is 1. The first-order valence-corrected chi connectivity index (χ1v) is 8.33. The van der Waals surface area contributed by atoms with E-state index in [0.29, 0.717) is 0 Å². The Morgan fingerprint density at radius 3 is 2.40 bits per heavy atom. The van der Waals surface area contributed by atoms with Crippen molar-refractivity contribution >= 4 is 0 Å². The van der Waals surface area contributed by atoms with Crippen LogP contribution in [-0.2, 0) is 6.42 Å². The van der Waals surface area contributed by atoms with Gasteiger partial charge in [-0.1, -0.05) is 44.0 Å². The molecule has 1 aromatic carbocycles. The minimum absolute atomic E-state index is 0.171. The van der Waals surface area contributed by atoms with Gasteiger partial charge in [-0.15, -0.1) is 0 Å². The third-order valence-electron chi connectivity index (χ3n) is 5.20. The number of rotatable bonds is 5. The van der Waals surface area contributed by atoms with Crippen LogP contribution in [0.4, 0.5) is 0 Å². The quantitative estimate of drug-likeness (QED) is 0.890. The summed E-state index contributed by atoms with van der Waals surface area (Å²) in [5.74, 6) is 1.93. The Bertz CT molecular complexity index is 414. The lowest BCUT2D eigenvalue weighted by atomic mass is 10.0. The molecule has 2 fully saturated rings. The lowest BCUT2D eigenvalue weighted by molar-refractivity contribution is 0.292. The molecule has 1 aromatic rings. The number of likely N-dealkylation sites (tertiary alicyclic amines) is 1. The maximum absolute atomic E-state index is 6.41. The van der Waals surface area contributed by atoms with Crippen molar-refractivity contribution in [2.75, 3.05) is 19.6 Å². The fourth-order valence-corrected chi connectivity index (χ4v) is 4.09. The third kappa shape index (κ3) is 3.07. The van der Waals surface area contributed by atoms with E-state index in [1.807, 2.05) is 0 Å². The van der Waals surface area contributed by atoms with Gasteiger partial charge in [0.05, 0.1) is 0 Å². The van der Waals surface area contributed by atoms with Gasteiger partial charge in [0, 0.05) is 25.7 Å². The van der Waals surface area contributed by atoms with E-state index in [4.69, 9.17) is 5.73 Å².